The van der Waals surface area contributed by atoms with Gasteiger partial charge >= 0.3 is 0 Å². The topological polar surface area (TPSA) is 112 Å². The average Bonchev–Trinajstić information content (AvgIpc) is 2.73. The predicted octanol–water partition coefficient (Wildman–Crippen LogP) is 2.99. The number of carbonyl (C=O) groups excluding carboxylic acids is 1. The molecule has 0 radical (unpaired) electrons. The lowest BCUT2D eigenvalue weighted by Gasteiger charge is -2.22. The number of nitrogens with two attached hydrogens (primary N) is 2. The molecule has 1 amide bonds. The summed E-state index contributed by atoms with van der Waals surface area (Å²) in [6, 6.07) is 13.0. The molecule has 0 aliphatic carbocycles. The van der Waals surface area contributed by atoms with Crippen LogP contribution in [0.4, 0.5) is 5.69 Å². The number of rotatable bonds is 9. The first-order valence-corrected chi connectivity index (χ1v) is 9.47. The third kappa shape index (κ3) is 4.47. The summed E-state index contributed by atoms with van der Waals surface area (Å²) in [5.74, 6) is 0.294. The summed E-state index contributed by atoms with van der Waals surface area (Å²) >= 11 is 0. The molecule has 3 rings (SSSR count). The van der Waals surface area contributed by atoms with Gasteiger partial charge in [0.25, 0.3) is 5.91 Å². The smallest absolute Gasteiger partial charge is 0.250 e. The fourth-order valence-corrected chi connectivity index (χ4v) is 3.31. The van der Waals surface area contributed by atoms with Gasteiger partial charge in [-0.3, -0.25) is 9.78 Å². The van der Waals surface area contributed by atoms with Crippen molar-refractivity contribution in [2.24, 2.45) is 11.5 Å². The second-order valence-electron chi connectivity index (χ2n) is 6.59. The molecule has 1 aromatic heterocycles. The third-order valence-electron chi connectivity index (χ3n) is 4.69. The molecule has 1 heterocycles. The zero-order chi connectivity index (χ0) is 20.8. The number of aromatic nitrogens is 1. The number of nitrogens with zero attached hydrogens (tertiary/aromatic N) is 1. The van der Waals surface area contributed by atoms with Gasteiger partial charge < -0.3 is 26.3 Å². The van der Waals surface area contributed by atoms with Crippen molar-refractivity contribution >= 4 is 22.5 Å². The first-order chi connectivity index (χ1) is 14.1. The van der Waals surface area contributed by atoms with Crippen LogP contribution in [0.2, 0.25) is 0 Å². The number of anilines is 1. The maximum Gasteiger partial charge on any atom is 0.250 e. The molecular weight excluding hydrogens is 368 g/mol. The van der Waals surface area contributed by atoms with Crippen molar-refractivity contribution < 1.29 is 14.3 Å². The first kappa shape index (κ1) is 20.6. The number of methoxy groups -OCH3 is 1. The molecule has 152 valence electrons. The zero-order valence-corrected chi connectivity index (χ0v) is 16.6. The van der Waals surface area contributed by atoms with Crippen LogP contribution in [0.1, 0.15) is 34.5 Å². The van der Waals surface area contributed by atoms with Gasteiger partial charge in [-0.05, 0) is 30.7 Å². The molecule has 3 aromatic rings. The van der Waals surface area contributed by atoms with Gasteiger partial charge in [0.15, 0.2) is 0 Å². The maximum atomic E-state index is 11.8. The monoisotopic (exact) mass is 394 g/mol. The number of para-hydroxylation sites is 1. The summed E-state index contributed by atoms with van der Waals surface area (Å²) in [4.78, 5) is 16.3. The van der Waals surface area contributed by atoms with Crippen molar-refractivity contribution in [1.82, 2.24) is 4.98 Å². The Hall–Kier alpha value is -3.16. The molecule has 7 heteroatoms. The van der Waals surface area contributed by atoms with Crippen molar-refractivity contribution in [3.05, 3.63) is 65.4 Å². The summed E-state index contributed by atoms with van der Waals surface area (Å²) in [6.07, 6.45) is 1.70. The highest BCUT2D eigenvalue weighted by Crippen LogP contribution is 2.32. The number of hydrogen-bond acceptors (Lipinski definition) is 6. The summed E-state index contributed by atoms with van der Waals surface area (Å²) < 4.78 is 10.9. The Morgan fingerprint density at radius 1 is 1.21 bits per heavy atom. The van der Waals surface area contributed by atoms with Gasteiger partial charge in [0.05, 0.1) is 36.0 Å². The lowest BCUT2D eigenvalue weighted by Crippen LogP contribution is -2.22. The molecule has 7 nitrogen and oxygen atoms in total. The van der Waals surface area contributed by atoms with E-state index in [-0.39, 0.29) is 6.04 Å². The number of carbonyl (C=O) groups is 1. The van der Waals surface area contributed by atoms with Crippen LogP contribution in [0.3, 0.4) is 0 Å². The number of amides is 1. The fourth-order valence-electron chi connectivity index (χ4n) is 3.31. The number of primary amides is 1. The SMILES string of the molecule is CCOc1ccc([C@@H](CN)Nc2c(COC)cnc3c(C(N)=O)cccc23)cc1. The standard InChI is InChI=1S/C22H26N4O3/c1-3-29-16-9-7-14(8-10-16)19(11-23)26-20-15(13-28-2)12-25-21-17(20)5-4-6-18(21)22(24)27/h4-10,12,19H,3,11,13,23H2,1-2H3,(H2,24,27)(H,25,26)/t19-/m1/s1. The van der Waals surface area contributed by atoms with Gasteiger partial charge in [0.2, 0.25) is 0 Å². The minimum absolute atomic E-state index is 0.149. The van der Waals surface area contributed by atoms with Gasteiger partial charge in [0.1, 0.15) is 5.75 Å². The van der Waals surface area contributed by atoms with E-state index in [1.807, 2.05) is 37.3 Å². The normalized spacial score (nSPS) is 12.0. The van der Waals surface area contributed by atoms with Crippen molar-refractivity contribution in [2.45, 2.75) is 19.6 Å². The van der Waals surface area contributed by atoms with Crippen molar-refractivity contribution in [3.63, 3.8) is 0 Å². The van der Waals surface area contributed by atoms with Crippen LogP contribution in [0.25, 0.3) is 10.9 Å². The Bertz CT molecular complexity index is 989. The number of hydrogen-bond donors (Lipinski definition) is 3. The molecule has 0 bridgehead atoms. The second-order valence-corrected chi connectivity index (χ2v) is 6.59. The fraction of sp³-hybridized carbons (Fsp3) is 0.273. The Balaban J connectivity index is 2.04. The number of pyridine rings is 1. The number of nitrogens with one attached hydrogen (secondary N) is 1. The van der Waals surface area contributed by atoms with Crippen LogP contribution >= 0.6 is 0 Å². The Morgan fingerprint density at radius 2 is 1.97 bits per heavy atom. The van der Waals surface area contributed by atoms with E-state index in [0.29, 0.717) is 30.8 Å². The maximum absolute atomic E-state index is 11.8. The molecule has 0 spiro atoms. The molecular formula is C22H26N4O3. The molecule has 29 heavy (non-hydrogen) atoms. The Kier molecular flexibility index (Phi) is 6.64. The highest BCUT2D eigenvalue weighted by molar-refractivity contribution is 6.08. The number of benzene rings is 2. The van der Waals surface area contributed by atoms with Crippen LogP contribution in [-0.4, -0.2) is 31.2 Å². The summed E-state index contributed by atoms with van der Waals surface area (Å²) in [6.45, 7) is 3.31. The molecule has 0 saturated carbocycles. The predicted molar refractivity (Wildman–Crippen MR) is 114 cm³/mol. The number of ether oxygens (including phenoxy) is 2. The summed E-state index contributed by atoms with van der Waals surface area (Å²) in [7, 11) is 1.63. The molecule has 0 unspecified atom stereocenters. The van der Waals surface area contributed by atoms with Crippen molar-refractivity contribution in [1.29, 1.82) is 0 Å². The van der Waals surface area contributed by atoms with Gasteiger partial charge in [-0.25, -0.2) is 0 Å². The minimum Gasteiger partial charge on any atom is -0.494 e. The summed E-state index contributed by atoms with van der Waals surface area (Å²) in [5.41, 5.74) is 15.2. The highest BCUT2D eigenvalue weighted by atomic mass is 16.5. The Morgan fingerprint density at radius 3 is 2.59 bits per heavy atom. The lowest BCUT2D eigenvalue weighted by molar-refractivity contribution is 0.100. The van der Waals surface area contributed by atoms with E-state index in [4.69, 9.17) is 20.9 Å². The van der Waals surface area contributed by atoms with Gasteiger partial charge in [-0.15, -0.1) is 0 Å². The van der Waals surface area contributed by atoms with E-state index < -0.39 is 5.91 Å². The summed E-state index contributed by atoms with van der Waals surface area (Å²) in [5, 5.41) is 4.31. The second kappa shape index (κ2) is 9.36. The van der Waals surface area contributed by atoms with Gasteiger partial charge in [-0.2, -0.15) is 0 Å². The van der Waals surface area contributed by atoms with Crippen LogP contribution in [-0.2, 0) is 11.3 Å². The quantitative estimate of drug-likeness (QED) is 0.514. The van der Waals surface area contributed by atoms with E-state index in [0.717, 1.165) is 28.0 Å². The highest BCUT2D eigenvalue weighted by Gasteiger charge is 2.17. The van der Waals surface area contributed by atoms with Crippen LogP contribution in [0.5, 0.6) is 5.75 Å². The van der Waals surface area contributed by atoms with Gasteiger partial charge in [-0.1, -0.05) is 24.3 Å². The van der Waals surface area contributed by atoms with Crippen molar-refractivity contribution in [3.8, 4) is 5.75 Å². The van der Waals surface area contributed by atoms with Crippen LogP contribution in [0, 0.1) is 0 Å². The van der Waals surface area contributed by atoms with Crippen LogP contribution < -0.4 is 21.5 Å². The van der Waals surface area contributed by atoms with E-state index in [9.17, 15) is 4.79 Å². The van der Waals surface area contributed by atoms with E-state index in [2.05, 4.69) is 10.3 Å². The number of fused-ring (bicyclic) bond motifs is 1. The molecule has 1 atom stereocenters. The molecule has 5 N–H and O–H groups in total. The molecule has 0 saturated heterocycles. The van der Waals surface area contributed by atoms with E-state index in [1.165, 1.54) is 0 Å². The zero-order valence-electron chi connectivity index (χ0n) is 16.6. The molecule has 0 aliphatic heterocycles. The molecule has 0 aliphatic rings. The van der Waals surface area contributed by atoms with Crippen molar-refractivity contribution in [2.75, 3.05) is 25.6 Å². The molecule has 2 aromatic carbocycles. The Labute approximate surface area is 170 Å². The lowest BCUT2D eigenvalue weighted by atomic mass is 10.0. The largest absolute Gasteiger partial charge is 0.494 e. The van der Waals surface area contributed by atoms with E-state index in [1.54, 1.807) is 25.4 Å². The van der Waals surface area contributed by atoms with Crippen LogP contribution in [0.15, 0.2) is 48.7 Å². The first-order valence-electron chi connectivity index (χ1n) is 9.47. The molecule has 0 fully saturated rings. The average molecular weight is 394 g/mol. The van der Waals surface area contributed by atoms with Gasteiger partial charge in [0, 0.05) is 30.8 Å². The minimum atomic E-state index is -0.518. The third-order valence-corrected chi connectivity index (χ3v) is 4.69. The van der Waals surface area contributed by atoms with E-state index >= 15 is 0 Å².